The van der Waals surface area contributed by atoms with Crippen LogP contribution in [0.4, 0.5) is 0 Å². The molecule has 19 heavy (non-hydrogen) atoms. The van der Waals surface area contributed by atoms with Gasteiger partial charge in [0.1, 0.15) is 17.1 Å². The third-order valence-electron chi connectivity index (χ3n) is 2.29. The number of halogens is 3. The molecule has 2 aromatic carbocycles. The van der Waals surface area contributed by atoms with Gasteiger partial charge < -0.3 is 9.84 Å². The van der Waals surface area contributed by atoms with Crippen molar-refractivity contribution < 1.29 is 14.6 Å². The number of hydrogen-bond donors (Lipinski definition) is 1. The van der Waals surface area contributed by atoms with Gasteiger partial charge in [0.2, 0.25) is 0 Å². The molecule has 0 heterocycles. The predicted molar refractivity (Wildman–Crippen MR) is 77.6 cm³/mol. The minimum absolute atomic E-state index is 0.0560. The second-order valence-electron chi connectivity index (χ2n) is 3.62. The van der Waals surface area contributed by atoms with E-state index in [1.165, 1.54) is 12.1 Å². The van der Waals surface area contributed by atoms with E-state index in [0.717, 1.165) is 0 Å². The first-order valence-corrected chi connectivity index (χ1v) is 6.68. The van der Waals surface area contributed by atoms with Gasteiger partial charge in [-0.25, -0.2) is 4.79 Å². The van der Waals surface area contributed by atoms with Gasteiger partial charge in [-0.3, -0.25) is 0 Å². The average Bonchev–Trinajstić information content (AvgIpc) is 2.36. The molecule has 2 rings (SSSR count). The van der Waals surface area contributed by atoms with Crippen molar-refractivity contribution in [3.63, 3.8) is 0 Å². The molecular weight excluding hydrogens is 355 g/mol. The third kappa shape index (κ3) is 3.41. The average molecular weight is 362 g/mol. The summed E-state index contributed by atoms with van der Waals surface area (Å²) < 4.78 is 6.18. The summed E-state index contributed by atoms with van der Waals surface area (Å²) in [5.41, 5.74) is 0.0560. The molecule has 2 aromatic rings. The van der Waals surface area contributed by atoms with Crippen LogP contribution in [-0.2, 0) is 0 Å². The maximum absolute atomic E-state index is 11.1. The van der Waals surface area contributed by atoms with Crippen LogP contribution in [-0.4, -0.2) is 11.1 Å². The Labute approximate surface area is 127 Å². The highest BCUT2D eigenvalue weighted by Gasteiger charge is 2.13. The van der Waals surface area contributed by atoms with E-state index in [-0.39, 0.29) is 11.3 Å². The van der Waals surface area contributed by atoms with Crippen LogP contribution in [0.15, 0.2) is 40.9 Å². The zero-order valence-electron chi connectivity index (χ0n) is 9.36. The number of hydrogen-bond acceptors (Lipinski definition) is 2. The molecule has 0 aliphatic heterocycles. The molecule has 0 aromatic heterocycles. The topological polar surface area (TPSA) is 46.5 Å². The smallest absolute Gasteiger partial charge is 0.339 e. The summed E-state index contributed by atoms with van der Waals surface area (Å²) in [5, 5.41) is 9.87. The highest BCUT2D eigenvalue weighted by atomic mass is 79.9. The van der Waals surface area contributed by atoms with E-state index in [2.05, 4.69) is 15.9 Å². The van der Waals surface area contributed by atoms with Gasteiger partial charge in [-0.05, 0) is 30.3 Å². The number of benzene rings is 2. The number of carbonyl (C=O) groups is 1. The fourth-order valence-electron chi connectivity index (χ4n) is 1.43. The van der Waals surface area contributed by atoms with Gasteiger partial charge in [-0.1, -0.05) is 39.1 Å². The van der Waals surface area contributed by atoms with Crippen molar-refractivity contribution in [3.8, 4) is 11.5 Å². The molecule has 3 nitrogen and oxygen atoms in total. The van der Waals surface area contributed by atoms with Crippen LogP contribution < -0.4 is 4.74 Å². The molecule has 1 N–H and O–H groups in total. The zero-order valence-corrected chi connectivity index (χ0v) is 12.5. The van der Waals surface area contributed by atoms with Gasteiger partial charge in [-0.15, -0.1) is 0 Å². The van der Waals surface area contributed by atoms with E-state index in [9.17, 15) is 4.79 Å². The van der Waals surface area contributed by atoms with Gasteiger partial charge in [0, 0.05) is 10.5 Å². The first-order chi connectivity index (χ1) is 8.97. The molecule has 0 saturated heterocycles. The van der Waals surface area contributed by atoms with Crippen LogP contribution in [0.5, 0.6) is 11.5 Å². The zero-order chi connectivity index (χ0) is 14.0. The van der Waals surface area contributed by atoms with E-state index < -0.39 is 5.97 Å². The molecule has 0 atom stereocenters. The highest BCUT2D eigenvalue weighted by Crippen LogP contribution is 2.32. The monoisotopic (exact) mass is 360 g/mol. The Morgan fingerprint density at radius 3 is 2.47 bits per heavy atom. The standard InChI is InChI=1S/C13H7BrCl2O3/c14-7-1-4-12(9(5-7)13(17)18)19-8-2-3-10(15)11(16)6-8/h1-6H,(H,17,18). The fourth-order valence-corrected chi connectivity index (χ4v) is 2.07. The third-order valence-corrected chi connectivity index (χ3v) is 3.52. The van der Waals surface area contributed by atoms with Crippen LogP contribution in [0, 0.1) is 0 Å². The van der Waals surface area contributed by atoms with Crippen LogP contribution in [0.2, 0.25) is 10.0 Å². The summed E-state index contributed by atoms with van der Waals surface area (Å²) in [6.07, 6.45) is 0. The lowest BCUT2D eigenvalue weighted by Crippen LogP contribution is -2.00. The molecule has 0 aliphatic carbocycles. The minimum atomic E-state index is -1.07. The summed E-state index contributed by atoms with van der Waals surface area (Å²) in [6, 6.07) is 9.45. The molecule has 0 saturated carbocycles. The molecule has 0 amide bonds. The van der Waals surface area contributed by atoms with Crippen molar-refractivity contribution in [3.05, 3.63) is 56.5 Å². The number of carboxylic acids is 1. The maximum Gasteiger partial charge on any atom is 0.339 e. The van der Waals surface area contributed by atoms with Crippen molar-refractivity contribution >= 4 is 45.1 Å². The van der Waals surface area contributed by atoms with Crippen LogP contribution >= 0.6 is 39.1 Å². The summed E-state index contributed by atoms with van der Waals surface area (Å²) in [6.45, 7) is 0. The lowest BCUT2D eigenvalue weighted by Gasteiger charge is -2.09. The summed E-state index contributed by atoms with van der Waals surface area (Å²) in [7, 11) is 0. The highest BCUT2D eigenvalue weighted by molar-refractivity contribution is 9.10. The SMILES string of the molecule is O=C(O)c1cc(Br)ccc1Oc1ccc(Cl)c(Cl)c1. The lowest BCUT2D eigenvalue weighted by molar-refractivity contribution is 0.0694. The minimum Gasteiger partial charge on any atom is -0.478 e. The molecule has 0 aliphatic rings. The van der Waals surface area contributed by atoms with Crippen molar-refractivity contribution in [2.45, 2.75) is 0 Å². The Bertz CT molecular complexity index is 644. The molecule has 6 heteroatoms. The van der Waals surface area contributed by atoms with E-state index >= 15 is 0 Å². The summed E-state index contributed by atoms with van der Waals surface area (Å²) >= 11 is 14.9. The molecule has 0 fully saturated rings. The van der Waals surface area contributed by atoms with E-state index in [1.54, 1.807) is 24.3 Å². The Balaban J connectivity index is 2.37. The van der Waals surface area contributed by atoms with Gasteiger partial charge >= 0.3 is 5.97 Å². The molecular formula is C13H7BrCl2O3. The van der Waals surface area contributed by atoms with Crippen LogP contribution in [0.3, 0.4) is 0 Å². The van der Waals surface area contributed by atoms with Crippen LogP contribution in [0.1, 0.15) is 10.4 Å². The van der Waals surface area contributed by atoms with Crippen molar-refractivity contribution in [2.24, 2.45) is 0 Å². The van der Waals surface area contributed by atoms with Crippen molar-refractivity contribution in [1.82, 2.24) is 0 Å². The molecule has 0 bridgehead atoms. The first-order valence-electron chi connectivity index (χ1n) is 5.13. The van der Waals surface area contributed by atoms with Gasteiger partial charge in [0.05, 0.1) is 10.0 Å². The quantitative estimate of drug-likeness (QED) is 0.812. The fraction of sp³-hybridized carbons (Fsp3) is 0. The molecule has 98 valence electrons. The molecule has 0 spiro atoms. The molecule has 0 radical (unpaired) electrons. The second kappa shape index (κ2) is 5.82. The van der Waals surface area contributed by atoms with Gasteiger partial charge in [0.15, 0.2) is 0 Å². The lowest BCUT2D eigenvalue weighted by atomic mass is 10.2. The summed E-state index contributed by atoms with van der Waals surface area (Å²) in [4.78, 5) is 11.1. The van der Waals surface area contributed by atoms with Crippen LogP contribution in [0.25, 0.3) is 0 Å². The predicted octanol–water partition coefficient (Wildman–Crippen LogP) is 5.25. The molecule has 0 unspecified atom stereocenters. The van der Waals surface area contributed by atoms with Crippen molar-refractivity contribution in [1.29, 1.82) is 0 Å². The Morgan fingerprint density at radius 2 is 1.84 bits per heavy atom. The maximum atomic E-state index is 11.1. The largest absolute Gasteiger partial charge is 0.478 e. The normalized spacial score (nSPS) is 10.3. The first kappa shape index (κ1) is 14.2. The summed E-state index contributed by atoms with van der Waals surface area (Å²) in [5.74, 6) is -0.426. The number of aromatic carboxylic acids is 1. The Hall–Kier alpha value is -1.23. The van der Waals surface area contributed by atoms with E-state index in [0.29, 0.717) is 20.3 Å². The van der Waals surface area contributed by atoms with Crippen molar-refractivity contribution in [2.75, 3.05) is 0 Å². The van der Waals surface area contributed by atoms with Gasteiger partial charge in [-0.2, -0.15) is 0 Å². The number of rotatable bonds is 3. The number of carboxylic acid groups (broad SMARTS) is 1. The van der Waals surface area contributed by atoms with E-state index in [4.69, 9.17) is 33.0 Å². The Morgan fingerprint density at radius 1 is 1.11 bits per heavy atom. The Kier molecular flexibility index (Phi) is 4.34. The number of ether oxygens (including phenoxy) is 1. The second-order valence-corrected chi connectivity index (χ2v) is 5.35. The van der Waals surface area contributed by atoms with E-state index in [1.807, 2.05) is 0 Å². The van der Waals surface area contributed by atoms with Gasteiger partial charge in [0.25, 0.3) is 0 Å².